The molecule has 0 aromatic rings. The summed E-state index contributed by atoms with van der Waals surface area (Å²) in [6, 6.07) is 0. The van der Waals surface area contributed by atoms with Crippen LogP contribution in [-0.4, -0.2) is 37.2 Å². The van der Waals surface area contributed by atoms with Crippen LogP contribution >= 0.6 is 11.8 Å². The van der Waals surface area contributed by atoms with Crippen molar-refractivity contribution in [2.45, 2.75) is 13.3 Å². The second-order valence-corrected chi connectivity index (χ2v) is 5.18. The van der Waals surface area contributed by atoms with E-state index in [1.165, 1.54) is 12.2 Å². The molecule has 0 aliphatic carbocycles. The highest BCUT2D eigenvalue weighted by Crippen LogP contribution is 2.17. The lowest BCUT2D eigenvalue weighted by Crippen LogP contribution is -2.30. The summed E-state index contributed by atoms with van der Waals surface area (Å²) in [5, 5.41) is 4.55. The van der Waals surface area contributed by atoms with Crippen LogP contribution in [0, 0.1) is 11.8 Å². The quantitative estimate of drug-likeness (QED) is 0.753. The van der Waals surface area contributed by atoms with Crippen LogP contribution in [0.15, 0.2) is 4.99 Å². The summed E-state index contributed by atoms with van der Waals surface area (Å²) in [5.74, 6) is 2.63. The van der Waals surface area contributed by atoms with Gasteiger partial charge in [-0.1, -0.05) is 18.7 Å². The molecule has 1 fully saturated rings. The number of hydrogen-bond acceptors (Lipinski definition) is 4. The number of aliphatic imine (C=N–C) groups is 1. The molecule has 0 aromatic heterocycles. The van der Waals surface area contributed by atoms with Crippen LogP contribution in [0.2, 0.25) is 0 Å². The van der Waals surface area contributed by atoms with Gasteiger partial charge in [-0.3, -0.25) is 4.99 Å². The first kappa shape index (κ1) is 10.3. The van der Waals surface area contributed by atoms with Crippen LogP contribution in [0.3, 0.4) is 0 Å². The van der Waals surface area contributed by atoms with Gasteiger partial charge in [0.05, 0.1) is 6.61 Å². The Kier molecular flexibility index (Phi) is 3.70. The number of nitrogens with zero attached hydrogens (tertiary/aromatic N) is 1. The molecule has 2 aliphatic rings. The molecule has 3 nitrogen and oxygen atoms in total. The zero-order valence-corrected chi connectivity index (χ0v) is 9.48. The van der Waals surface area contributed by atoms with Gasteiger partial charge >= 0.3 is 0 Å². The summed E-state index contributed by atoms with van der Waals surface area (Å²) in [6.07, 6.45) is 1.20. The minimum Gasteiger partial charge on any atom is -0.381 e. The number of ether oxygens (including phenoxy) is 1. The fourth-order valence-electron chi connectivity index (χ4n) is 1.64. The highest BCUT2D eigenvalue weighted by molar-refractivity contribution is 8.13. The molecule has 0 aromatic carbocycles. The lowest BCUT2D eigenvalue weighted by Gasteiger charge is -2.19. The largest absolute Gasteiger partial charge is 0.381 e. The third-order valence-electron chi connectivity index (χ3n) is 2.62. The first-order valence-corrected chi connectivity index (χ1v) is 6.32. The molecular weight excluding hydrogens is 196 g/mol. The van der Waals surface area contributed by atoms with Crippen LogP contribution < -0.4 is 5.32 Å². The maximum atomic E-state index is 5.33. The summed E-state index contributed by atoms with van der Waals surface area (Å²) in [7, 11) is 0. The molecule has 80 valence electrons. The topological polar surface area (TPSA) is 33.6 Å². The van der Waals surface area contributed by atoms with Gasteiger partial charge in [0, 0.05) is 31.4 Å². The second kappa shape index (κ2) is 5.03. The molecule has 0 saturated carbocycles. The summed E-state index contributed by atoms with van der Waals surface area (Å²) in [5.41, 5.74) is 0. The average Bonchev–Trinajstić information content (AvgIpc) is 2.70. The number of hydrogen-bond donors (Lipinski definition) is 1. The van der Waals surface area contributed by atoms with Crippen molar-refractivity contribution in [3.8, 4) is 0 Å². The van der Waals surface area contributed by atoms with Gasteiger partial charge in [-0.05, 0) is 12.3 Å². The second-order valence-electron chi connectivity index (χ2n) is 4.17. The Morgan fingerprint density at radius 3 is 3.21 bits per heavy atom. The zero-order valence-electron chi connectivity index (χ0n) is 8.66. The Balaban J connectivity index is 1.69. The van der Waals surface area contributed by atoms with Gasteiger partial charge in [0.25, 0.3) is 0 Å². The molecule has 0 amide bonds. The lowest BCUT2D eigenvalue weighted by atomic mass is 10.1. The predicted octanol–water partition coefficient (Wildman–Crippen LogP) is 1.35. The normalized spacial score (nSPS) is 32.8. The van der Waals surface area contributed by atoms with E-state index in [0.29, 0.717) is 5.92 Å². The van der Waals surface area contributed by atoms with Crippen molar-refractivity contribution >= 4 is 16.9 Å². The Morgan fingerprint density at radius 2 is 2.57 bits per heavy atom. The van der Waals surface area contributed by atoms with Crippen molar-refractivity contribution in [3.05, 3.63) is 0 Å². The van der Waals surface area contributed by atoms with E-state index in [-0.39, 0.29) is 0 Å². The summed E-state index contributed by atoms with van der Waals surface area (Å²) >= 11 is 1.85. The molecule has 2 heterocycles. The van der Waals surface area contributed by atoms with Gasteiger partial charge in [-0.15, -0.1) is 0 Å². The Labute approximate surface area is 89.7 Å². The van der Waals surface area contributed by atoms with Crippen LogP contribution in [0.5, 0.6) is 0 Å². The van der Waals surface area contributed by atoms with E-state index in [4.69, 9.17) is 4.74 Å². The predicted molar refractivity (Wildman–Crippen MR) is 60.9 cm³/mol. The van der Waals surface area contributed by atoms with Crippen molar-refractivity contribution in [3.63, 3.8) is 0 Å². The fourth-order valence-corrected chi connectivity index (χ4v) is 2.54. The van der Waals surface area contributed by atoms with Gasteiger partial charge in [0.15, 0.2) is 5.17 Å². The van der Waals surface area contributed by atoms with Gasteiger partial charge < -0.3 is 10.1 Å². The van der Waals surface area contributed by atoms with E-state index >= 15 is 0 Å². The summed E-state index contributed by atoms with van der Waals surface area (Å²) in [4.78, 5) is 4.50. The number of rotatable bonds is 2. The Hall–Kier alpha value is -0.220. The van der Waals surface area contributed by atoms with Gasteiger partial charge in [-0.25, -0.2) is 0 Å². The molecule has 2 rings (SSSR count). The molecule has 14 heavy (non-hydrogen) atoms. The van der Waals surface area contributed by atoms with E-state index < -0.39 is 0 Å². The fraction of sp³-hybridized carbons (Fsp3) is 0.900. The van der Waals surface area contributed by atoms with Crippen LogP contribution in [0.25, 0.3) is 0 Å². The van der Waals surface area contributed by atoms with E-state index in [0.717, 1.165) is 37.4 Å². The van der Waals surface area contributed by atoms with Crippen molar-refractivity contribution in [1.29, 1.82) is 0 Å². The average molecular weight is 214 g/mol. The van der Waals surface area contributed by atoms with Crippen LogP contribution in [0.4, 0.5) is 0 Å². The van der Waals surface area contributed by atoms with Crippen molar-refractivity contribution in [2.75, 3.05) is 32.1 Å². The van der Waals surface area contributed by atoms with E-state index in [2.05, 4.69) is 17.2 Å². The minimum absolute atomic E-state index is 0.692. The molecular formula is C10H18N2OS. The number of amidine groups is 1. The van der Waals surface area contributed by atoms with Crippen molar-refractivity contribution < 1.29 is 4.74 Å². The Morgan fingerprint density at radius 1 is 1.64 bits per heavy atom. The van der Waals surface area contributed by atoms with E-state index in [1.807, 2.05) is 11.8 Å². The number of nitrogens with one attached hydrogen (secondary N) is 1. The monoisotopic (exact) mass is 214 g/mol. The lowest BCUT2D eigenvalue weighted by molar-refractivity contribution is 0.186. The van der Waals surface area contributed by atoms with Crippen LogP contribution in [0.1, 0.15) is 13.3 Å². The van der Waals surface area contributed by atoms with Crippen LogP contribution in [-0.2, 0) is 4.74 Å². The molecule has 0 spiro atoms. The number of thioether (sulfide) groups is 1. The molecule has 4 heteroatoms. The first-order chi connectivity index (χ1) is 6.84. The highest BCUT2D eigenvalue weighted by Gasteiger charge is 2.17. The maximum absolute atomic E-state index is 5.33. The summed E-state index contributed by atoms with van der Waals surface area (Å²) < 4.78 is 5.33. The van der Waals surface area contributed by atoms with Crippen molar-refractivity contribution in [2.24, 2.45) is 16.8 Å². The third kappa shape index (κ3) is 2.89. The zero-order chi connectivity index (χ0) is 9.80. The molecule has 2 unspecified atom stereocenters. The van der Waals surface area contributed by atoms with Gasteiger partial charge in [0.2, 0.25) is 0 Å². The van der Waals surface area contributed by atoms with Gasteiger partial charge in [0.1, 0.15) is 0 Å². The Bertz CT molecular complexity index is 214. The molecule has 0 bridgehead atoms. The maximum Gasteiger partial charge on any atom is 0.156 e. The highest BCUT2D eigenvalue weighted by atomic mass is 32.2. The summed E-state index contributed by atoms with van der Waals surface area (Å²) in [6.45, 7) is 6.11. The molecule has 2 atom stereocenters. The minimum atomic E-state index is 0.692. The molecule has 1 N–H and O–H groups in total. The van der Waals surface area contributed by atoms with E-state index in [9.17, 15) is 0 Å². The standard InChI is InChI=1S/C10H18N2OS/c1-8-4-11-10(14-7-8)12-5-9-2-3-13-6-9/h8-9H,2-7H2,1H3,(H,11,12). The molecule has 1 saturated heterocycles. The SMILES string of the molecule is CC1CN=C(NCC2CCOC2)SC1. The molecule has 0 radical (unpaired) electrons. The third-order valence-corrected chi connectivity index (χ3v) is 3.90. The molecule has 2 aliphatic heterocycles. The van der Waals surface area contributed by atoms with E-state index in [1.54, 1.807) is 0 Å². The smallest absolute Gasteiger partial charge is 0.156 e. The first-order valence-electron chi connectivity index (χ1n) is 5.33. The van der Waals surface area contributed by atoms with Crippen molar-refractivity contribution in [1.82, 2.24) is 5.32 Å². The van der Waals surface area contributed by atoms with Gasteiger partial charge in [-0.2, -0.15) is 0 Å².